The van der Waals surface area contributed by atoms with Crippen LogP contribution in [0.5, 0.6) is 0 Å². The Balaban J connectivity index is 1.86. The summed E-state index contributed by atoms with van der Waals surface area (Å²) in [5.74, 6) is -2.61. The van der Waals surface area contributed by atoms with E-state index in [9.17, 15) is 32.4 Å². The highest BCUT2D eigenvalue weighted by molar-refractivity contribution is 7.89. The van der Waals surface area contributed by atoms with Crippen molar-refractivity contribution >= 4 is 39.6 Å². The lowest BCUT2D eigenvalue weighted by atomic mass is 9.87. The van der Waals surface area contributed by atoms with E-state index in [0.717, 1.165) is 38.5 Å². The number of ketones is 1. The number of amides is 5. The van der Waals surface area contributed by atoms with Crippen molar-refractivity contribution < 1.29 is 37.1 Å². The molecule has 2 saturated heterocycles. The van der Waals surface area contributed by atoms with Gasteiger partial charge in [-0.2, -0.15) is 0 Å². The van der Waals surface area contributed by atoms with Crippen molar-refractivity contribution in [2.45, 2.75) is 130 Å². The normalized spacial score (nSPS) is 25.8. The minimum atomic E-state index is -3.50. The molecule has 1 aliphatic carbocycles. The van der Waals surface area contributed by atoms with Crippen LogP contribution in [0.15, 0.2) is 0 Å². The number of hydrogen-bond acceptors (Lipinski definition) is 8. The summed E-state index contributed by atoms with van der Waals surface area (Å²) in [5.41, 5.74) is -0.526. The average molecular weight is 713 g/mol. The van der Waals surface area contributed by atoms with Crippen molar-refractivity contribution in [2.24, 2.45) is 17.3 Å². The lowest BCUT2D eigenvalue weighted by Gasteiger charge is -2.35. The minimum absolute atomic E-state index is 0.000528. The number of nitrogens with zero attached hydrogens (tertiary/aromatic N) is 2. The van der Waals surface area contributed by atoms with Crippen LogP contribution in [-0.4, -0.2) is 116 Å². The molecule has 1 saturated carbocycles. The number of fused-ring (bicyclic) bond motifs is 1. The van der Waals surface area contributed by atoms with Crippen LogP contribution in [0.3, 0.4) is 0 Å². The highest BCUT2D eigenvalue weighted by Gasteiger charge is 2.46. The maximum absolute atomic E-state index is 14.3. The number of carbonyl (C=O) groups is 5. The molecule has 0 aromatic rings. The van der Waals surface area contributed by atoms with Gasteiger partial charge in [-0.3, -0.25) is 19.2 Å². The molecule has 15 heteroatoms. The predicted molar refractivity (Wildman–Crippen MR) is 186 cm³/mol. The van der Waals surface area contributed by atoms with Gasteiger partial charge in [0.25, 0.3) is 5.91 Å². The molecule has 4 N–H and O–H groups in total. The van der Waals surface area contributed by atoms with Crippen LogP contribution < -0.4 is 21.3 Å². The van der Waals surface area contributed by atoms with Gasteiger partial charge in [0.05, 0.1) is 18.4 Å². The van der Waals surface area contributed by atoms with Crippen LogP contribution in [0, 0.1) is 17.3 Å². The lowest BCUT2D eigenvalue weighted by Crippen LogP contribution is -2.61. The fourth-order valence-corrected chi connectivity index (χ4v) is 7.23. The Morgan fingerprint density at radius 1 is 1.00 bits per heavy atom. The first-order chi connectivity index (χ1) is 23.0. The van der Waals surface area contributed by atoms with Crippen molar-refractivity contribution in [2.75, 3.05) is 39.1 Å². The third kappa shape index (κ3) is 11.9. The SMILES string of the molecule is CCS(=O)(=O)N(C)C[C@@H](NC(=O)N[C@H]1COCCCCCCC[C@@H](C(=O)C(=O)NC2CC2)NC(=O)[C@@H]2[C@@H](C(C)C)CCN2C1=O)C(C)(C)C. The van der Waals surface area contributed by atoms with Gasteiger partial charge < -0.3 is 30.9 Å². The second-order valence-electron chi connectivity index (χ2n) is 15.2. The number of rotatable bonds is 10. The first kappa shape index (κ1) is 40.6. The molecule has 3 aliphatic rings. The molecule has 0 unspecified atom stereocenters. The first-order valence-electron chi connectivity index (χ1n) is 18.0. The number of sulfonamides is 1. The standard InChI is InChI=1S/C34H60N6O8S/c1-8-49(46,47)39(7)20-27(34(4,5)6)38-33(45)37-26-21-48-19-13-11-9-10-12-14-25(29(41)31(43)35-23-15-16-23)36-30(42)28-24(22(2)3)17-18-40(28)32(26)44/h22-28H,8-21H2,1-7H3,(H,35,43)(H,36,42)(H2,37,38,45)/t24-,25+,26+,27-,28+/m1/s1. The van der Waals surface area contributed by atoms with Gasteiger partial charge in [0.15, 0.2) is 0 Å². The second-order valence-corrected chi connectivity index (χ2v) is 17.6. The highest BCUT2D eigenvalue weighted by atomic mass is 32.2. The summed E-state index contributed by atoms with van der Waals surface area (Å²) < 4.78 is 32.1. The van der Waals surface area contributed by atoms with E-state index in [1.54, 1.807) is 6.92 Å². The zero-order valence-corrected chi connectivity index (χ0v) is 31.3. The predicted octanol–water partition coefficient (Wildman–Crippen LogP) is 1.93. The van der Waals surface area contributed by atoms with Gasteiger partial charge in [-0.1, -0.05) is 60.3 Å². The summed E-state index contributed by atoms with van der Waals surface area (Å²) in [6.07, 6.45) is 6.47. The van der Waals surface area contributed by atoms with E-state index in [1.807, 2.05) is 34.6 Å². The van der Waals surface area contributed by atoms with E-state index in [4.69, 9.17) is 4.74 Å². The van der Waals surface area contributed by atoms with Gasteiger partial charge >= 0.3 is 6.03 Å². The van der Waals surface area contributed by atoms with Crippen molar-refractivity contribution in [1.29, 1.82) is 0 Å². The number of ether oxygens (including phenoxy) is 1. The van der Waals surface area contributed by atoms with Crippen molar-refractivity contribution in [3.63, 3.8) is 0 Å². The van der Waals surface area contributed by atoms with Gasteiger partial charge in [0.2, 0.25) is 27.6 Å². The number of nitrogens with one attached hydrogen (secondary N) is 4. The molecule has 2 heterocycles. The monoisotopic (exact) mass is 712 g/mol. The second kappa shape index (κ2) is 17.9. The zero-order chi connectivity index (χ0) is 36.5. The van der Waals surface area contributed by atoms with Crippen LogP contribution in [0.4, 0.5) is 4.79 Å². The summed E-state index contributed by atoms with van der Waals surface area (Å²) in [6.45, 7) is 11.7. The van der Waals surface area contributed by atoms with E-state index in [0.29, 0.717) is 25.9 Å². The average Bonchev–Trinajstić information content (AvgIpc) is 3.73. The number of likely N-dealkylation sites (N-methyl/N-ethyl adjacent to an activating group) is 1. The summed E-state index contributed by atoms with van der Waals surface area (Å²) in [7, 11) is -2.03. The van der Waals surface area contributed by atoms with Gasteiger partial charge in [-0.05, 0) is 56.3 Å². The molecule has 3 rings (SSSR count). The van der Waals surface area contributed by atoms with E-state index in [2.05, 4.69) is 21.3 Å². The smallest absolute Gasteiger partial charge is 0.315 e. The van der Waals surface area contributed by atoms with Crippen molar-refractivity contribution in [1.82, 2.24) is 30.5 Å². The zero-order valence-electron chi connectivity index (χ0n) is 30.5. The molecule has 0 aromatic carbocycles. The third-order valence-corrected chi connectivity index (χ3v) is 11.7. The van der Waals surface area contributed by atoms with Crippen LogP contribution in [0.25, 0.3) is 0 Å². The molecule has 14 nitrogen and oxygen atoms in total. The Morgan fingerprint density at radius 3 is 2.27 bits per heavy atom. The largest absolute Gasteiger partial charge is 0.379 e. The van der Waals surface area contributed by atoms with E-state index in [-0.39, 0.29) is 43.3 Å². The third-order valence-electron chi connectivity index (χ3n) is 9.92. The molecule has 3 fully saturated rings. The summed E-state index contributed by atoms with van der Waals surface area (Å²) >= 11 is 0. The molecule has 0 aromatic heterocycles. The first-order valence-corrected chi connectivity index (χ1v) is 19.6. The van der Waals surface area contributed by atoms with Gasteiger partial charge in [-0.15, -0.1) is 0 Å². The van der Waals surface area contributed by atoms with Crippen LogP contribution in [0.1, 0.15) is 99.3 Å². The number of Topliss-reactive ketones (excluding diaryl/α,β-unsaturated/α-hetero) is 1. The maximum atomic E-state index is 14.3. The molecule has 5 atom stereocenters. The van der Waals surface area contributed by atoms with Crippen molar-refractivity contribution in [3.8, 4) is 0 Å². The molecule has 0 bridgehead atoms. The van der Waals surface area contributed by atoms with Gasteiger partial charge in [0.1, 0.15) is 12.1 Å². The summed E-state index contributed by atoms with van der Waals surface area (Å²) in [4.78, 5) is 69.3. The topological polar surface area (TPSA) is 183 Å². The number of urea groups is 1. The van der Waals surface area contributed by atoms with Gasteiger partial charge in [-0.25, -0.2) is 17.5 Å². The minimum Gasteiger partial charge on any atom is -0.379 e. The quantitative estimate of drug-likeness (QED) is 0.248. The summed E-state index contributed by atoms with van der Waals surface area (Å²) in [5, 5.41) is 11.2. The van der Waals surface area contributed by atoms with Crippen LogP contribution in [-0.2, 0) is 33.9 Å². The Morgan fingerprint density at radius 2 is 1.65 bits per heavy atom. The van der Waals surface area contributed by atoms with Crippen molar-refractivity contribution in [3.05, 3.63) is 0 Å². The molecule has 2 aliphatic heterocycles. The fraction of sp³-hybridized carbons (Fsp3) is 0.853. The lowest BCUT2D eigenvalue weighted by molar-refractivity contribution is -0.144. The van der Waals surface area contributed by atoms with E-state index >= 15 is 0 Å². The van der Waals surface area contributed by atoms with Crippen LogP contribution in [0.2, 0.25) is 0 Å². The Kier molecular flexibility index (Phi) is 14.9. The maximum Gasteiger partial charge on any atom is 0.315 e. The molecular weight excluding hydrogens is 652 g/mol. The molecule has 0 radical (unpaired) electrons. The Hall–Kier alpha value is -2.78. The van der Waals surface area contributed by atoms with Gasteiger partial charge in [0, 0.05) is 38.8 Å². The Bertz CT molecular complexity index is 1280. The highest BCUT2D eigenvalue weighted by Crippen LogP contribution is 2.32. The van der Waals surface area contributed by atoms with E-state index < -0.39 is 69.1 Å². The molecule has 0 spiro atoms. The summed E-state index contributed by atoms with van der Waals surface area (Å²) in [6, 6.07) is -4.30. The molecule has 5 amide bonds. The van der Waals surface area contributed by atoms with E-state index in [1.165, 1.54) is 16.3 Å². The molecule has 49 heavy (non-hydrogen) atoms. The number of hydrogen-bond donors (Lipinski definition) is 4. The number of carbonyl (C=O) groups excluding carboxylic acids is 5. The fourth-order valence-electron chi connectivity index (χ4n) is 6.41. The molecule has 280 valence electrons. The molecular formula is C34H60N6O8S. The van der Waals surface area contributed by atoms with Crippen LogP contribution >= 0.6 is 0 Å². The Labute approximate surface area is 292 Å².